The summed E-state index contributed by atoms with van der Waals surface area (Å²) < 4.78 is 0. The molecule has 0 aromatic heterocycles. The maximum Gasteiger partial charge on any atom is 0.317 e. The predicted octanol–water partition coefficient (Wildman–Crippen LogP) is 3.40. The molecule has 1 aliphatic heterocycles. The Labute approximate surface area is 135 Å². The van der Waals surface area contributed by atoms with Gasteiger partial charge in [0.2, 0.25) is 0 Å². The average molecular weight is 310 g/mol. The van der Waals surface area contributed by atoms with Crippen LogP contribution in [0.2, 0.25) is 0 Å². The van der Waals surface area contributed by atoms with Gasteiger partial charge in [-0.15, -0.1) is 0 Å². The minimum absolute atomic E-state index is 0.0718. The van der Waals surface area contributed by atoms with Crippen LogP contribution in [0.5, 0.6) is 0 Å². The number of nitrogens with zero attached hydrogens (tertiary/aromatic N) is 1. The van der Waals surface area contributed by atoms with Gasteiger partial charge in [-0.3, -0.25) is 0 Å². The van der Waals surface area contributed by atoms with Gasteiger partial charge in [0.05, 0.1) is 6.61 Å². The van der Waals surface area contributed by atoms with E-state index in [1.165, 1.54) is 12.8 Å². The zero-order valence-electron chi connectivity index (χ0n) is 14.8. The van der Waals surface area contributed by atoms with Gasteiger partial charge in [0.25, 0.3) is 0 Å². The smallest absolute Gasteiger partial charge is 0.317 e. The van der Waals surface area contributed by atoms with Gasteiger partial charge in [-0.05, 0) is 49.9 Å². The van der Waals surface area contributed by atoms with Gasteiger partial charge in [-0.2, -0.15) is 0 Å². The Kier molecular flexibility index (Phi) is 5.41. The average Bonchev–Trinajstić information content (AvgIpc) is 2.49. The number of amides is 2. The van der Waals surface area contributed by atoms with Crippen LogP contribution in [0.25, 0.3) is 0 Å². The minimum atomic E-state index is -0.0875. The largest absolute Gasteiger partial charge is 0.396 e. The van der Waals surface area contributed by atoms with E-state index in [2.05, 4.69) is 33.0 Å². The molecule has 2 fully saturated rings. The Bertz CT molecular complexity index is 391. The van der Waals surface area contributed by atoms with Crippen LogP contribution < -0.4 is 5.32 Å². The second-order valence-electron chi connectivity index (χ2n) is 8.48. The van der Waals surface area contributed by atoms with E-state index in [4.69, 9.17) is 0 Å². The molecule has 0 radical (unpaired) electrons. The number of rotatable bonds is 3. The highest BCUT2D eigenvalue weighted by atomic mass is 16.3. The van der Waals surface area contributed by atoms with E-state index in [1.807, 2.05) is 4.90 Å². The number of aliphatic hydroxyl groups excluding tert-OH is 1. The van der Waals surface area contributed by atoms with E-state index >= 15 is 0 Å². The molecule has 3 unspecified atom stereocenters. The lowest BCUT2D eigenvalue weighted by atomic mass is 9.70. The van der Waals surface area contributed by atoms with E-state index in [-0.39, 0.29) is 18.1 Å². The fraction of sp³-hybridized carbons (Fsp3) is 0.944. The molecular weight excluding hydrogens is 276 g/mol. The van der Waals surface area contributed by atoms with Gasteiger partial charge in [0, 0.05) is 24.5 Å². The molecule has 4 nitrogen and oxygen atoms in total. The third kappa shape index (κ3) is 3.95. The molecule has 1 heterocycles. The second-order valence-corrected chi connectivity index (χ2v) is 8.48. The molecule has 2 amide bonds. The van der Waals surface area contributed by atoms with Crippen molar-refractivity contribution in [3.63, 3.8) is 0 Å². The maximum atomic E-state index is 12.6. The Morgan fingerprint density at radius 3 is 2.68 bits per heavy atom. The van der Waals surface area contributed by atoms with Gasteiger partial charge >= 0.3 is 6.03 Å². The molecule has 2 rings (SSSR count). The molecule has 0 bridgehead atoms. The molecule has 4 heteroatoms. The monoisotopic (exact) mass is 310 g/mol. The molecule has 0 spiro atoms. The lowest BCUT2D eigenvalue weighted by Gasteiger charge is -2.43. The molecule has 1 saturated heterocycles. The summed E-state index contributed by atoms with van der Waals surface area (Å²) in [6.45, 7) is 10.7. The fourth-order valence-electron chi connectivity index (χ4n) is 4.32. The van der Waals surface area contributed by atoms with Crippen molar-refractivity contribution >= 4 is 6.03 Å². The summed E-state index contributed by atoms with van der Waals surface area (Å²) in [6.07, 6.45) is 6.38. The van der Waals surface area contributed by atoms with Crippen molar-refractivity contribution in [2.45, 2.75) is 72.3 Å². The van der Waals surface area contributed by atoms with Crippen LogP contribution in [-0.4, -0.2) is 41.8 Å². The summed E-state index contributed by atoms with van der Waals surface area (Å²) in [6, 6.07) is 0.370. The van der Waals surface area contributed by atoms with Crippen molar-refractivity contribution in [2.24, 2.45) is 16.7 Å². The van der Waals surface area contributed by atoms with Crippen LogP contribution in [0.1, 0.15) is 66.2 Å². The van der Waals surface area contributed by atoms with Crippen molar-refractivity contribution in [1.82, 2.24) is 10.2 Å². The van der Waals surface area contributed by atoms with Crippen LogP contribution >= 0.6 is 0 Å². The third-order valence-corrected chi connectivity index (χ3v) is 6.04. The van der Waals surface area contributed by atoms with Gasteiger partial charge in [-0.25, -0.2) is 4.79 Å². The maximum absolute atomic E-state index is 12.6. The number of likely N-dealkylation sites (tertiary alicyclic amines) is 1. The highest BCUT2D eigenvalue weighted by molar-refractivity contribution is 5.74. The normalized spacial score (nSPS) is 35.2. The molecule has 1 saturated carbocycles. The van der Waals surface area contributed by atoms with Crippen LogP contribution in [0, 0.1) is 16.7 Å². The molecule has 1 aliphatic carbocycles. The van der Waals surface area contributed by atoms with Gasteiger partial charge in [0.1, 0.15) is 0 Å². The third-order valence-electron chi connectivity index (χ3n) is 6.04. The first-order chi connectivity index (χ1) is 10.3. The molecule has 22 heavy (non-hydrogen) atoms. The van der Waals surface area contributed by atoms with Crippen molar-refractivity contribution < 1.29 is 9.90 Å². The minimum Gasteiger partial charge on any atom is -0.396 e. The number of piperidine rings is 1. The summed E-state index contributed by atoms with van der Waals surface area (Å²) in [7, 11) is 0. The molecule has 2 N–H and O–H groups in total. The zero-order chi connectivity index (χ0) is 16.4. The zero-order valence-corrected chi connectivity index (χ0v) is 14.8. The van der Waals surface area contributed by atoms with Gasteiger partial charge in [0.15, 0.2) is 0 Å². The first-order valence-electron chi connectivity index (χ1n) is 8.97. The second kappa shape index (κ2) is 6.77. The van der Waals surface area contributed by atoms with Crippen LogP contribution in [0.15, 0.2) is 0 Å². The molecule has 128 valence electrons. The number of hydrogen-bond acceptors (Lipinski definition) is 2. The molecule has 2 aliphatic rings. The van der Waals surface area contributed by atoms with Crippen LogP contribution in [0.4, 0.5) is 4.79 Å². The van der Waals surface area contributed by atoms with E-state index < -0.39 is 0 Å². The number of hydrogen-bond donors (Lipinski definition) is 2. The lowest BCUT2D eigenvalue weighted by Crippen LogP contribution is -2.54. The van der Waals surface area contributed by atoms with E-state index in [1.54, 1.807) is 0 Å². The lowest BCUT2D eigenvalue weighted by molar-refractivity contribution is 0.0416. The first kappa shape index (κ1) is 17.6. The van der Waals surface area contributed by atoms with Gasteiger partial charge in [-0.1, -0.05) is 27.7 Å². The summed E-state index contributed by atoms with van der Waals surface area (Å²) in [4.78, 5) is 14.6. The quantitative estimate of drug-likeness (QED) is 0.839. The predicted molar refractivity (Wildman–Crippen MR) is 89.7 cm³/mol. The van der Waals surface area contributed by atoms with E-state index in [9.17, 15) is 9.90 Å². The van der Waals surface area contributed by atoms with E-state index in [0.29, 0.717) is 23.9 Å². The van der Waals surface area contributed by atoms with Crippen molar-refractivity contribution in [3.8, 4) is 0 Å². The summed E-state index contributed by atoms with van der Waals surface area (Å²) in [5.74, 6) is 0.534. The van der Waals surface area contributed by atoms with Gasteiger partial charge < -0.3 is 15.3 Å². The number of urea groups is 1. The summed E-state index contributed by atoms with van der Waals surface area (Å²) in [5, 5.41) is 13.0. The Balaban J connectivity index is 1.92. The highest BCUT2D eigenvalue weighted by Gasteiger charge is 2.37. The standard InChI is InChI=1S/C18H34N2O2/c1-5-18(13-21)8-6-10-20(12-18)16(22)19-15-7-9-17(3,4)11-14(15)2/h14-15,21H,5-13H2,1-4H3,(H,19,22). The van der Waals surface area contributed by atoms with Crippen LogP contribution in [-0.2, 0) is 0 Å². The SMILES string of the molecule is CCC1(CO)CCCN(C(=O)NC2CCC(C)(C)CC2C)C1. The molecule has 0 aromatic carbocycles. The Morgan fingerprint density at radius 2 is 2.09 bits per heavy atom. The number of aliphatic hydroxyl groups is 1. The number of carbonyl (C=O) groups excluding carboxylic acids is 1. The molecule has 0 aromatic rings. The fourth-order valence-corrected chi connectivity index (χ4v) is 4.32. The summed E-state index contributed by atoms with van der Waals surface area (Å²) >= 11 is 0. The highest BCUT2D eigenvalue weighted by Crippen LogP contribution is 2.38. The van der Waals surface area contributed by atoms with E-state index in [0.717, 1.165) is 32.2 Å². The van der Waals surface area contributed by atoms with Crippen molar-refractivity contribution in [2.75, 3.05) is 19.7 Å². The molecular formula is C18H34N2O2. The van der Waals surface area contributed by atoms with Crippen molar-refractivity contribution in [1.29, 1.82) is 0 Å². The topological polar surface area (TPSA) is 52.6 Å². The Morgan fingerprint density at radius 1 is 1.36 bits per heavy atom. The van der Waals surface area contributed by atoms with Crippen LogP contribution in [0.3, 0.4) is 0 Å². The first-order valence-corrected chi connectivity index (χ1v) is 8.97. The Hall–Kier alpha value is -0.770. The number of carbonyl (C=O) groups is 1. The number of nitrogens with one attached hydrogen (secondary N) is 1. The summed E-state index contributed by atoms with van der Waals surface area (Å²) in [5.41, 5.74) is 0.315. The molecule has 3 atom stereocenters. The van der Waals surface area contributed by atoms with Crippen molar-refractivity contribution in [3.05, 3.63) is 0 Å².